The Bertz CT molecular complexity index is 302. The molecule has 1 saturated heterocycles. The van der Waals surface area contributed by atoms with Crippen LogP contribution in [0, 0.1) is 11.8 Å². The van der Waals surface area contributed by atoms with Gasteiger partial charge in [0.25, 0.3) is 0 Å². The van der Waals surface area contributed by atoms with Gasteiger partial charge in [-0.05, 0) is 37.5 Å². The average Bonchev–Trinajstić information content (AvgIpc) is 2.25. The molecule has 1 N–H and O–H groups in total. The van der Waals surface area contributed by atoms with Crippen LogP contribution < -0.4 is 0 Å². The van der Waals surface area contributed by atoms with E-state index in [4.69, 9.17) is 5.11 Å². The van der Waals surface area contributed by atoms with Crippen molar-refractivity contribution in [2.75, 3.05) is 26.0 Å². The van der Waals surface area contributed by atoms with Gasteiger partial charge in [0.05, 0.1) is 6.26 Å². The molecular weight excluding hydrogens is 226 g/mol. The van der Waals surface area contributed by atoms with Crippen molar-refractivity contribution >= 4 is 10.0 Å². The predicted molar refractivity (Wildman–Crippen MR) is 64.6 cm³/mol. The number of nitrogens with zero attached hydrogens (tertiary/aromatic N) is 1. The Morgan fingerprint density at radius 1 is 1.50 bits per heavy atom. The van der Waals surface area contributed by atoms with E-state index in [1.807, 2.05) is 6.92 Å². The third kappa shape index (κ3) is 4.39. The molecule has 16 heavy (non-hydrogen) atoms. The molecule has 0 aromatic carbocycles. The minimum Gasteiger partial charge on any atom is -0.396 e. The highest BCUT2D eigenvalue weighted by Crippen LogP contribution is 2.24. The van der Waals surface area contributed by atoms with E-state index in [0.717, 1.165) is 25.7 Å². The van der Waals surface area contributed by atoms with Crippen molar-refractivity contribution in [2.24, 2.45) is 11.8 Å². The van der Waals surface area contributed by atoms with Crippen molar-refractivity contribution in [1.29, 1.82) is 0 Å². The SMILES string of the molecule is CC(CO)CCC1CCCN(S(C)(=O)=O)C1. The monoisotopic (exact) mass is 249 g/mol. The highest BCUT2D eigenvalue weighted by molar-refractivity contribution is 7.88. The predicted octanol–water partition coefficient (Wildman–Crippen LogP) is 1.07. The van der Waals surface area contributed by atoms with Crippen LogP contribution in [0.15, 0.2) is 0 Å². The summed E-state index contributed by atoms with van der Waals surface area (Å²) in [5, 5.41) is 8.94. The number of aliphatic hydroxyl groups excluding tert-OH is 1. The summed E-state index contributed by atoms with van der Waals surface area (Å²) in [7, 11) is -3.02. The van der Waals surface area contributed by atoms with Crippen molar-refractivity contribution in [3.05, 3.63) is 0 Å². The maximum Gasteiger partial charge on any atom is 0.211 e. The standard InChI is InChI=1S/C11H23NO3S/c1-10(9-13)5-6-11-4-3-7-12(8-11)16(2,14)15/h10-11,13H,3-9H2,1-2H3. The first-order chi connectivity index (χ1) is 7.43. The molecule has 4 nitrogen and oxygen atoms in total. The van der Waals surface area contributed by atoms with Gasteiger partial charge < -0.3 is 5.11 Å². The van der Waals surface area contributed by atoms with E-state index >= 15 is 0 Å². The molecule has 2 atom stereocenters. The molecule has 0 aromatic heterocycles. The fourth-order valence-electron chi connectivity index (χ4n) is 2.18. The largest absolute Gasteiger partial charge is 0.396 e. The van der Waals surface area contributed by atoms with Gasteiger partial charge in [-0.2, -0.15) is 0 Å². The molecule has 1 aliphatic heterocycles. The summed E-state index contributed by atoms with van der Waals surface area (Å²) in [4.78, 5) is 0. The fourth-order valence-corrected chi connectivity index (χ4v) is 3.12. The minimum absolute atomic E-state index is 0.225. The maximum atomic E-state index is 11.4. The van der Waals surface area contributed by atoms with Crippen molar-refractivity contribution in [3.8, 4) is 0 Å². The zero-order valence-corrected chi connectivity index (χ0v) is 11.0. The lowest BCUT2D eigenvalue weighted by atomic mass is 9.91. The lowest BCUT2D eigenvalue weighted by Gasteiger charge is -2.31. The fraction of sp³-hybridized carbons (Fsp3) is 1.00. The molecule has 5 heteroatoms. The first kappa shape index (κ1) is 13.9. The van der Waals surface area contributed by atoms with E-state index in [0.29, 0.717) is 24.9 Å². The van der Waals surface area contributed by atoms with Crippen molar-refractivity contribution in [3.63, 3.8) is 0 Å². The van der Waals surface area contributed by atoms with Crippen LogP contribution in [0.2, 0.25) is 0 Å². The Hall–Kier alpha value is -0.130. The zero-order chi connectivity index (χ0) is 12.2. The highest BCUT2D eigenvalue weighted by Gasteiger charge is 2.25. The molecule has 0 radical (unpaired) electrons. The van der Waals surface area contributed by atoms with Gasteiger partial charge in [-0.1, -0.05) is 6.92 Å². The third-order valence-corrected chi connectivity index (χ3v) is 4.60. The maximum absolute atomic E-state index is 11.4. The number of hydrogen-bond acceptors (Lipinski definition) is 3. The lowest BCUT2D eigenvalue weighted by Crippen LogP contribution is -2.39. The molecule has 0 spiro atoms. The van der Waals surface area contributed by atoms with E-state index in [2.05, 4.69) is 0 Å². The second-order valence-electron chi connectivity index (χ2n) is 4.99. The number of aliphatic hydroxyl groups is 1. The van der Waals surface area contributed by atoms with E-state index in [9.17, 15) is 8.42 Å². The molecule has 0 amide bonds. The summed E-state index contributed by atoms with van der Waals surface area (Å²) in [5.41, 5.74) is 0. The summed E-state index contributed by atoms with van der Waals surface area (Å²) < 4.78 is 24.4. The Kier molecular flexibility index (Phi) is 5.21. The van der Waals surface area contributed by atoms with Gasteiger partial charge in [0.1, 0.15) is 0 Å². The quantitative estimate of drug-likeness (QED) is 0.793. The molecule has 96 valence electrons. The van der Waals surface area contributed by atoms with Gasteiger partial charge in [0.2, 0.25) is 10.0 Å². The molecule has 0 aliphatic carbocycles. The van der Waals surface area contributed by atoms with Crippen LogP contribution in [0.1, 0.15) is 32.6 Å². The van der Waals surface area contributed by atoms with Crippen LogP contribution >= 0.6 is 0 Å². The Morgan fingerprint density at radius 2 is 2.19 bits per heavy atom. The van der Waals surface area contributed by atoms with Crippen molar-refractivity contribution < 1.29 is 13.5 Å². The molecule has 2 unspecified atom stereocenters. The third-order valence-electron chi connectivity index (χ3n) is 3.33. The van der Waals surface area contributed by atoms with Gasteiger partial charge in [0.15, 0.2) is 0 Å². The summed E-state index contributed by atoms with van der Waals surface area (Å²) in [6, 6.07) is 0. The summed E-state index contributed by atoms with van der Waals surface area (Å²) in [6.07, 6.45) is 5.37. The highest BCUT2D eigenvalue weighted by atomic mass is 32.2. The molecule has 1 rings (SSSR count). The first-order valence-electron chi connectivity index (χ1n) is 5.99. The molecule has 1 aliphatic rings. The summed E-state index contributed by atoms with van der Waals surface area (Å²) in [5.74, 6) is 0.797. The van der Waals surface area contributed by atoms with Gasteiger partial charge in [0, 0.05) is 19.7 Å². The zero-order valence-electron chi connectivity index (χ0n) is 10.2. The van der Waals surface area contributed by atoms with Gasteiger partial charge >= 0.3 is 0 Å². The molecule has 0 bridgehead atoms. The summed E-state index contributed by atoms with van der Waals surface area (Å²) >= 11 is 0. The molecule has 0 aromatic rings. The van der Waals surface area contributed by atoms with Gasteiger partial charge in [-0.25, -0.2) is 12.7 Å². The lowest BCUT2D eigenvalue weighted by molar-refractivity contribution is 0.203. The second-order valence-corrected chi connectivity index (χ2v) is 6.98. The molecule has 1 fully saturated rings. The van der Waals surface area contributed by atoms with Gasteiger partial charge in [-0.15, -0.1) is 0 Å². The topological polar surface area (TPSA) is 57.6 Å². The van der Waals surface area contributed by atoms with E-state index < -0.39 is 10.0 Å². The van der Waals surface area contributed by atoms with Crippen LogP contribution in [0.25, 0.3) is 0 Å². The minimum atomic E-state index is -3.02. The molecule has 1 heterocycles. The number of sulfonamides is 1. The molecular formula is C11H23NO3S. The smallest absolute Gasteiger partial charge is 0.211 e. The first-order valence-corrected chi connectivity index (χ1v) is 7.84. The second kappa shape index (κ2) is 5.98. The number of piperidine rings is 1. The Morgan fingerprint density at radius 3 is 2.75 bits per heavy atom. The van der Waals surface area contributed by atoms with E-state index in [-0.39, 0.29) is 6.61 Å². The van der Waals surface area contributed by atoms with Crippen molar-refractivity contribution in [1.82, 2.24) is 4.31 Å². The van der Waals surface area contributed by atoms with Crippen molar-refractivity contribution in [2.45, 2.75) is 32.6 Å². The Balaban J connectivity index is 2.39. The van der Waals surface area contributed by atoms with Crippen LogP contribution in [0.3, 0.4) is 0 Å². The van der Waals surface area contributed by atoms with Crippen LogP contribution in [-0.2, 0) is 10.0 Å². The molecule has 0 saturated carbocycles. The number of hydrogen-bond donors (Lipinski definition) is 1. The average molecular weight is 249 g/mol. The Labute approximate surface area is 98.7 Å². The summed E-state index contributed by atoms with van der Waals surface area (Å²) in [6.45, 7) is 3.58. The number of rotatable bonds is 5. The van der Waals surface area contributed by atoms with Gasteiger partial charge in [-0.3, -0.25) is 0 Å². The van der Waals surface area contributed by atoms with E-state index in [1.54, 1.807) is 4.31 Å². The van der Waals surface area contributed by atoms with Crippen LogP contribution in [0.4, 0.5) is 0 Å². The normalized spacial score (nSPS) is 25.6. The van der Waals surface area contributed by atoms with Crippen LogP contribution in [0.5, 0.6) is 0 Å². The van der Waals surface area contributed by atoms with Crippen LogP contribution in [-0.4, -0.2) is 43.8 Å². The van der Waals surface area contributed by atoms with E-state index in [1.165, 1.54) is 6.26 Å².